The highest BCUT2D eigenvalue weighted by atomic mass is 16.5. The van der Waals surface area contributed by atoms with E-state index in [1.807, 2.05) is 6.07 Å². The Bertz CT molecular complexity index is 479. The van der Waals surface area contributed by atoms with Crippen LogP contribution in [-0.2, 0) is 19.2 Å². The van der Waals surface area contributed by atoms with E-state index in [9.17, 15) is 4.79 Å². The lowest BCUT2D eigenvalue weighted by Crippen LogP contribution is -2.15. The van der Waals surface area contributed by atoms with Crippen LogP contribution in [0, 0.1) is 0 Å². The van der Waals surface area contributed by atoms with Gasteiger partial charge >= 0.3 is 6.09 Å². The van der Waals surface area contributed by atoms with Crippen molar-refractivity contribution in [3.63, 3.8) is 0 Å². The van der Waals surface area contributed by atoms with Crippen molar-refractivity contribution < 1.29 is 49.1 Å². The summed E-state index contributed by atoms with van der Waals surface area (Å²) in [6.07, 6.45) is -0.786. The molecule has 0 fully saturated rings. The van der Waals surface area contributed by atoms with Crippen molar-refractivity contribution in [1.82, 2.24) is 0 Å². The molecule has 0 heterocycles. The summed E-state index contributed by atoms with van der Waals surface area (Å²) < 4.78 is 4.55. The van der Waals surface area contributed by atoms with Gasteiger partial charge in [-0.15, -0.1) is 0 Å². The van der Waals surface area contributed by atoms with Gasteiger partial charge in [0, 0.05) is 27.7 Å². The second kappa shape index (κ2) is 21.4. The molecule has 0 aromatic heterocycles. The Balaban J connectivity index is -0.000000129. The molecule has 0 radical (unpaired) electrons. The summed E-state index contributed by atoms with van der Waals surface area (Å²) in [6.45, 7) is 4.33. The second-order valence-electron chi connectivity index (χ2n) is 3.81. The van der Waals surface area contributed by atoms with Crippen molar-refractivity contribution in [2.24, 2.45) is 5.73 Å². The van der Waals surface area contributed by atoms with Crippen LogP contribution in [-0.4, -0.2) is 50.4 Å². The molecule has 11 nitrogen and oxygen atoms in total. The first-order valence-electron chi connectivity index (χ1n) is 6.52. The number of carbonyl (C=O) groups is 5. The van der Waals surface area contributed by atoms with Crippen LogP contribution < -0.4 is 10.5 Å². The molecule has 26 heavy (non-hydrogen) atoms. The fourth-order valence-corrected chi connectivity index (χ4v) is 0.605. The van der Waals surface area contributed by atoms with Gasteiger partial charge in [0.05, 0.1) is 0 Å². The molecule has 6 N–H and O–H groups in total. The van der Waals surface area contributed by atoms with Crippen molar-refractivity contribution in [2.45, 2.75) is 27.7 Å². The smallest absolute Gasteiger partial charge is 0.409 e. The number of primary amides is 1. The molecule has 11 heteroatoms. The number of carbonyl (C=O) groups excluding carboxylic acids is 1. The summed E-state index contributed by atoms with van der Waals surface area (Å²) in [5, 5.41) is 29.7. The molecular weight excluding hydrogens is 354 g/mol. The predicted octanol–water partition coefficient (Wildman–Crippen LogP) is 1.51. The number of amides is 1. The van der Waals surface area contributed by atoms with Crippen LogP contribution in [0.2, 0.25) is 0 Å². The van der Waals surface area contributed by atoms with Crippen LogP contribution in [0.25, 0.3) is 0 Å². The minimum absolute atomic E-state index is 0.468. The van der Waals surface area contributed by atoms with Gasteiger partial charge in [-0.05, 0) is 12.1 Å². The molecule has 148 valence electrons. The highest BCUT2D eigenvalue weighted by molar-refractivity contribution is 5.67. The van der Waals surface area contributed by atoms with E-state index in [0.717, 1.165) is 27.7 Å². The Hall–Kier alpha value is -3.63. The van der Waals surface area contributed by atoms with E-state index in [4.69, 9.17) is 45.3 Å². The summed E-state index contributed by atoms with van der Waals surface area (Å²) >= 11 is 0. The summed E-state index contributed by atoms with van der Waals surface area (Å²) in [5.41, 5.74) is 4.76. The highest BCUT2D eigenvalue weighted by Gasteiger charge is 1.93. The zero-order chi connectivity index (χ0) is 21.7. The van der Waals surface area contributed by atoms with Crippen molar-refractivity contribution in [3.8, 4) is 5.75 Å². The number of para-hydroxylation sites is 1. The van der Waals surface area contributed by atoms with E-state index >= 15 is 0 Å². The maximum Gasteiger partial charge on any atom is 0.409 e. The summed E-state index contributed by atoms with van der Waals surface area (Å²) in [4.78, 5) is 46.2. The molecule has 1 amide bonds. The molecular formula is C15H23NO10. The van der Waals surface area contributed by atoms with Crippen LogP contribution >= 0.6 is 0 Å². The number of rotatable bonds is 1. The minimum Gasteiger partial charge on any atom is -0.481 e. The third-order valence-corrected chi connectivity index (χ3v) is 0.962. The minimum atomic E-state index is -0.833. The van der Waals surface area contributed by atoms with Gasteiger partial charge in [0.2, 0.25) is 0 Å². The van der Waals surface area contributed by atoms with Gasteiger partial charge in [0.15, 0.2) is 0 Å². The molecule has 0 aliphatic carbocycles. The van der Waals surface area contributed by atoms with Crippen LogP contribution in [0.3, 0.4) is 0 Å². The number of carboxylic acid groups (broad SMARTS) is 4. The largest absolute Gasteiger partial charge is 0.481 e. The van der Waals surface area contributed by atoms with E-state index in [1.54, 1.807) is 24.3 Å². The fourth-order valence-electron chi connectivity index (χ4n) is 0.605. The predicted molar refractivity (Wildman–Crippen MR) is 89.9 cm³/mol. The Morgan fingerprint density at radius 2 is 0.923 bits per heavy atom. The Labute approximate surface area is 149 Å². The number of ether oxygens (including phenoxy) is 1. The summed E-state index contributed by atoms with van der Waals surface area (Å²) in [5.74, 6) is -2.87. The molecule has 1 aromatic rings. The van der Waals surface area contributed by atoms with Crippen LogP contribution in [0.4, 0.5) is 4.79 Å². The highest BCUT2D eigenvalue weighted by Crippen LogP contribution is 2.07. The molecule has 0 atom stereocenters. The van der Waals surface area contributed by atoms with Crippen molar-refractivity contribution in [3.05, 3.63) is 30.3 Å². The van der Waals surface area contributed by atoms with E-state index in [-0.39, 0.29) is 0 Å². The quantitative estimate of drug-likeness (QED) is 0.477. The van der Waals surface area contributed by atoms with E-state index in [2.05, 4.69) is 4.74 Å². The molecule has 0 unspecified atom stereocenters. The zero-order valence-corrected chi connectivity index (χ0v) is 14.7. The maximum atomic E-state index is 10.2. The lowest BCUT2D eigenvalue weighted by atomic mass is 10.3. The third kappa shape index (κ3) is 109. The van der Waals surface area contributed by atoms with Crippen LogP contribution in [0.15, 0.2) is 30.3 Å². The average Bonchev–Trinajstić information content (AvgIpc) is 2.36. The number of benzene rings is 1. The third-order valence-electron chi connectivity index (χ3n) is 0.962. The number of nitrogens with two attached hydrogens (primary N) is 1. The lowest BCUT2D eigenvalue weighted by Gasteiger charge is -1.96. The normalized spacial score (nSPS) is 7.23. The Morgan fingerprint density at radius 3 is 1.12 bits per heavy atom. The molecule has 1 rings (SSSR count). The van der Waals surface area contributed by atoms with Gasteiger partial charge in [-0.3, -0.25) is 19.2 Å². The zero-order valence-electron chi connectivity index (χ0n) is 14.7. The fraction of sp³-hybridized carbons (Fsp3) is 0.267. The monoisotopic (exact) mass is 377 g/mol. The lowest BCUT2D eigenvalue weighted by molar-refractivity contribution is -0.135. The van der Waals surface area contributed by atoms with Crippen LogP contribution in [0.1, 0.15) is 27.7 Å². The van der Waals surface area contributed by atoms with Gasteiger partial charge in [0.1, 0.15) is 5.75 Å². The standard InChI is InChI=1S/C7H7NO2.4C2H4O2/c8-7(9)10-6-4-2-1-3-5-6;4*1-2(3)4/h1-5H,(H2,8,9);4*1H3,(H,3,4). The Kier molecular flexibility index (Phi) is 24.9. The van der Waals surface area contributed by atoms with Gasteiger partial charge < -0.3 is 30.9 Å². The van der Waals surface area contributed by atoms with Crippen molar-refractivity contribution in [1.29, 1.82) is 0 Å². The number of hydrogen-bond donors (Lipinski definition) is 5. The van der Waals surface area contributed by atoms with Crippen LogP contribution in [0.5, 0.6) is 5.75 Å². The molecule has 0 aliphatic rings. The first kappa shape index (κ1) is 30.3. The molecule has 0 bridgehead atoms. The van der Waals surface area contributed by atoms with E-state index < -0.39 is 30.0 Å². The number of aliphatic carboxylic acids is 4. The van der Waals surface area contributed by atoms with Gasteiger partial charge in [0.25, 0.3) is 23.9 Å². The van der Waals surface area contributed by atoms with Gasteiger partial charge in [-0.1, -0.05) is 18.2 Å². The molecule has 0 aliphatic heterocycles. The maximum absolute atomic E-state index is 10.2. The topological polar surface area (TPSA) is 202 Å². The van der Waals surface area contributed by atoms with E-state index in [1.165, 1.54) is 0 Å². The van der Waals surface area contributed by atoms with Gasteiger partial charge in [-0.25, -0.2) is 4.79 Å². The van der Waals surface area contributed by atoms with Gasteiger partial charge in [-0.2, -0.15) is 0 Å². The molecule has 0 saturated carbocycles. The SMILES string of the molecule is CC(=O)O.CC(=O)O.CC(=O)O.CC(=O)O.NC(=O)Oc1ccccc1. The second-order valence-corrected chi connectivity index (χ2v) is 3.81. The average molecular weight is 377 g/mol. The summed E-state index contributed by atoms with van der Waals surface area (Å²) in [7, 11) is 0. The Morgan fingerprint density at radius 1 is 0.692 bits per heavy atom. The number of carboxylic acids is 4. The molecule has 1 aromatic carbocycles. The molecule has 0 saturated heterocycles. The van der Waals surface area contributed by atoms with E-state index in [0.29, 0.717) is 5.75 Å². The molecule has 0 spiro atoms. The summed E-state index contributed by atoms with van der Waals surface area (Å²) in [6, 6.07) is 8.67. The first-order valence-corrected chi connectivity index (χ1v) is 6.52. The number of hydrogen-bond acceptors (Lipinski definition) is 6. The van der Waals surface area contributed by atoms with Crippen molar-refractivity contribution in [2.75, 3.05) is 0 Å². The van der Waals surface area contributed by atoms with Crippen molar-refractivity contribution >= 4 is 30.0 Å². The first-order chi connectivity index (χ1) is 11.7.